The van der Waals surface area contributed by atoms with Crippen LogP contribution < -0.4 is 10.1 Å². The quantitative estimate of drug-likeness (QED) is 0.887. The van der Waals surface area contributed by atoms with Crippen molar-refractivity contribution < 1.29 is 9.53 Å². The van der Waals surface area contributed by atoms with E-state index in [4.69, 9.17) is 4.74 Å². The predicted molar refractivity (Wildman–Crippen MR) is 76.7 cm³/mol. The first-order chi connectivity index (χ1) is 9.65. The van der Waals surface area contributed by atoms with Crippen molar-refractivity contribution in [2.75, 3.05) is 25.0 Å². The number of hydrogen-bond acceptors (Lipinski definition) is 5. The fourth-order valence-electron chi connectivity index (χ4n) is 2.16. The van der Waals surface area contributed by atoms with Crippen LogP contribution in [0.5, 0.6) is 5.88 Å². The fraction of sp³-hybridized carbons (Fsp3) is 0.643. The Morgan fingerprint density at radius 2 is 2.10 bits per heavy atom. The van der Waals surface area contributed by atoms with E-state index in [1.165, 1.54) is 12.7 Å². The van der Waals surface area contributed by atoms with Crippen LogP contribution in [0.3, 0.4) is 0 Å². The summed E-state index contributed by atoms with van der Waals surface area (Å²) in [6.45, 7) is 5.88. The van der Waals surface area contributed by atoms with Crippen LogP contribution >= 0.6 is 0 Å². The molecule has 1 aliphatic heterocycles. The third kappa shape index (κ3) is 4.36. The van der Waals surface area contributed by atoms with Crippen LogP contribution in [-0.4, -0.2) is 46.5 Å². The van der Waals surface area contributed by atoms with Crippen LogP contribution in [0.2, 0.25) is 0 Å². The Bertz CT molecular complexity index is 445. The first kappa shape index (κ1) is 14.6. The molecule has 0 unspecified atom stereocenters. The molecule has 1 N–H and O–H groups in total. The first-order valence-corrected chi connectivity index (χ1v) is 7.15. The second-order valence-corrected chi connectivity index (χ2v) is 5.20. The van der Waals surface area contributed by atoms with Gasteiger partial charge in [0, 0.05) is 19.2 Å². The van der Waals surface area contributed by atoms with Gasteiger partial charge in [-0.3, -0.25) is 4.79 Å². The minimum absolute atomic E-state index is 0.0627. The summed E-state index contributed by atoms with van der Waals surface area (Å²) in [7, 11) is 0. The van der Waals surface area contributed by atoms with E-state index >= 15 is 0 Å². The number of piperidine rings is 1. The first-order valence-electron chi connectivity index (χ1n) is 7.15. The van der Waals surface area contributed by atoms with Crippen LogP contribution in [0, 0.1) is 0 Å². The molecule has 1 fully saturated rings. The lowest BCUT2D eigenvalue weighted by Gasteiger charge is -2.26. The standard InChI is InChI=1S/C14H22N4O2/c1-11(2)20-13-8-12(16-10-17-13)15-9-14(19)18-6-4-3-5-7-18/h8,10-11H,3-7,9H2,1-2H3,(H,15,16,17). The van der Waals surface area contributed by atoms with Crippen molar-refractivity contribution in [1.82, 2.24) is 14.9 Å². The molecule has 6 heteroatoms. The van der Waals surface area contributed by atoms with Crippen LogP contribution in [0.4, 0.5) is 5.82 Å². The molecule has 2 heterocycles. The van der Waals surface area contributed by atoms with Gasteiger partial charge in [-0.25, -0.2) is 9.97 Å². The smallest absolute Gasteiger partial charge is 0.241 e. The molecule has 0 radical (unpaired) electrons. The normalized spacial score (nSPS) is 15.2. The van der Waals surface area contributed by atoms with Gasteiger partial charge >= 0.3 is 0 Å². The molecule has 0 saturated carbocycles. The van der Waals surface area contributed by atoms with E-state index in [0.717, 1.165) is 25.9 Å². The molecule has 0 aromatic carbocycles. The number of anilines is 1. The van der Waals surface area contributed by atoms with Crippen molar-refractivity contribution in [1.29, 1.82) is 0 Å². The van der Waals surface area contributed by atoms with Crippen molar-refractivity contribution >= 4 is 11.7 Å². The SMILES string of the molecule is CC(C)Oc1cc(NCC(=O)N2CCCCC2)ncn1. The molecule has 1 aliphatic rings. The molecule has 0 atom stereocenters. The summed E-state index contributed by atoms with van der Waals surface area (Å²) in [5.74, 6) is 1.25. The molecule has 20 heavy (non-hydrogen) atoms. The lowest BCUT2D eigenvalue weighted by molar-refractivity contribution is -0.130. The van der Waals surface area contributed by atoms with E-state index in [1.54, 1.807) is 6.07 Å². The Labute approximate surface area is 119 Å². The minimum atomic E-state index is 0.0627. The third-order valence-corrected chi connectivity index (χ3v) is 3.13. The van der Waals surface area contributed by atoms with Gasteiger partial charge in [0.15, 0.2) is 0 Å². The zero-order chi connectivity index (χ0) is 14.4. The average Bonchev–Trinajstić information content (AvgIpc) is 2.45. The number of aromatic nitrogens is 2. The van der Waals surface area contributed by atoms with E-state index in [0.29, 0.717) is 11.7 Å². The van der Waals surface area contributed by atoms with Crippen molar-refractivity contribution in [3.63, 3.8) is 0 Å². The Kier molecular flexibility index (Phi) is 5.15. The van der Waals surface area contributed by atoms with Gasteiger partial charge in [0.25, 0.3) is 0 Å². The lowest BCUT2D eigenvalue weighted by atomic mass is 10.1. The molecule has 1 aromatic heterocycles. The molecule has 2 rings (SSSR count). The molecule has 1 amide bonds. The maximum Gasteiger partial charge on any atom is 0.241 e. The number of nitrogens with one attached hydrogen (secondary N) is 1. The average molecular weight is 278 g/mol. The Hall–Kier alpha value is -1.85. The highest BCUT2D eigenvalue weighted by Gasteiger charge is 2.16. The van der Waals surface area contributed by atoms with Crippen molar-refractivity contribution in [3.8, 4) is 5.88 Å². The second-order valence-electron chi connectivity index (χ2n) is 5.20. The molecule has 0 spiro atoms. The fourth-order valence-corrected chi connectivity index (χ4v) is 2.16. The molecule has 1 aromatic rings. The topological polar surface area (TPSA) is 67.3 Å². The summed E-state index contributed by atoms with van der Waals surface area (Å²) in [4.78, 5) is 22.0. The number of rotatable bonds is 5. The Balaban J connectivity index is 1.85. The zero-order valence-electron chi connectivity index (χ0n) is 12.1. The third-order valence-electron chi connectivity index (χ3n) is 3.13. The molecular formula is C14H22N4O2. The molecular weight excluding hydrogens is 256 g/mol. The summed E-state index contributed by atoms with van der Waals surface area (Å²) >= 11 is 0. The Morgan fingerprint density at radius 3 is 2.80 bits per heavy atom. The maximum atomic E-state index is 12.0. The number of nitrogens with zero attached hydrogens (tertiary/aromatic N) is 3. The maximum absolute atomic E-state index is 12.0. The van der Waals surface area contributed by atoms with E-state index in [-0.39, 0.29) is 18.6 Å². The van der Waals surface area contributed by atoms with Crippen LogP contribution in [0.1, 0.15) is 33.1 Å². The van der Waals surface area contributed by atoms with Crippen molar-refractivity contribution in [2.45, 2.75) is 39.2 Å². The summed E-state index contributed by atoms with van der Waals surface area (Å²) in [5, 5.41) is 3.03. The number of carbonyl (C=O) groups excluding carboxylic acids is 1. The minimum Gasteiger partial charge on any atom is -0.475 e. The Morgan fingerprint density at radius 1 is 1.35 bits per heavy atom. The highest BCUT2D eigenvalue weighted by molar-refractivity contribution is 5.80. The summed E-state index contributed by atoms with van der Waals surface area (Å²) in [5.41, 5.74) is 0. The van der Waals surface area contributed by atoms with Crippen molar-refractivity contribution in [3.05, 3.63) is 12.4 Å². The highest BCUT2D eigenvalue weighted by Crippen LogP contribution is 2.13. The van der Waals surface area contributed by atoms with E-state index in [2.05, 4.69) is 15.3 Å². The second kappa shape index (κ2) is 7.07. The summed E-state index contributed by atoms with van der Waals surface area (Å²) in [6, 6.07) is 1.71. The monoisotopic (exact) mass is 278 g/mol. The van der Waals surface area contributed by atoms with E-state index in [9.17, 15) is 4.79 Å². The number of carbonyl (C=O) groups is 1. The molecule has 0 aliphatic carbocycles. The number of ether oxygens (including phenoxy) is 1. The van der Waals surface area contributed by atoms with Gasteiger partial charge in [-0.15, -0.1) is 0 Å². The summed E-state index contributed by atoms with van der Waals surface area (Å²) < 4.78 is 5.49. The van der Waals surface area contributed by atoms with E-state index in [1.807, 2.05) is 18.7 Å². The zero-order valence-corrected chi connectivity index (χ0v) is 12.1. The predicted octanol–water partition coefficient (Wildman–Crippen LogP) is 1.69. The van der Waals surface area contributed by atoms with Crippen LogP contribution in [0.25, 0.3) is 0 Å². The van der Waals surface area contributed by atoms with Gasteiger partial charge in [0.1, 0.15) is 12.1 Å². The molecule has 0 bridgehead atoms. The van der Waals surface area contributed by atoms with Crippen LogP contribution in [-0.2, 0) is 4.79 Å². The van der Waals surface area contributed by atoms with Gasteiger partial charge in [0.05, 0.1) is 12.6 Å². The van der Waals surface area contributed by atoms with E-state index < -0.39 is 0 Å². The molecule has 1 saturated heterocycles. The number of amides is 1. The van der Waals surface area contributed by atoms with Crippen molar-refractivity contribution in [2.24, 2.45) is 0 Å². The number of likely N-dealkylation sites (tertiary alicyclic amines) is 1. The molecule has 6 nitrogen and oxygen atoms in total. The summed E-state index contributed by atoms with van der Waals surface area (Å²) in [6.07, 6.45) is 4.93. The lowest BCUT2D eigenvalue weighted by Crippen LogP contribution is -2.39. The highest BCUT2D eigenvalue weighted by atomic mass is 16.5. The van der Waals surface area contributed by atoms with Gasteiger partial charge in [-0.1, -0.05) is 0 Å². The largest absolute Gasteiger partial charge is 0.475 e. The van der Waals surface area contributed by atoms with Gasteiger partial charge in [-0.2, -0.15) is 0 Å². The van der Waals surface area contributed by atoms with Gasteiger partial charge in [0.2, 0.25) is 11.8 Å². The van der Waals surface area contributed by atoms with Gasteiger partial charge in [-0.05, 0) is 33.1 Å². The molecule has 110 valence electrons. The van der Waals surface area contributed by atoms with Crippen LogP contribution in [0.15, 0.2) is 12.4 Å². The van der Waals surface area contributed by atoms with Gasteiger partial charge < -0.3 is 15.0 Å². The number of hydrogen-bond donors (Lipinski definition) is 1.